The lowest BCUT2D eigenvalue weighted by Gasteiger charge is -2.22. The molecule has 2 atom stereocenters. The van der Waals surface area contributed by atoms with Crippen LogP contribution >= 0.6 is 12.4 Å². The zero-order chi connectivity index (χ0) is 9.97. The highest BCUT2D eigenvalue weighted by Crippen LogP contribution is 2.26. The molecule has 0 aliphatic carbocycles. The minimum absolute atomic E-state index is 0. The summed E-state index contributed by atoms with van der Waals surface area (Å²) in [5, 5.41) is 0. The molecule has 0 amide bonds. The summed E-state index contributed by atoms with van der Waals surface area (Å²) in [7, 11) is 0. The van der Waals surface area contributed by atoms with Crippen molar-refractivity contribution in [3.8, 4) is 0 Å². The first-order valence-corrected chi connectivity index (χ1v) is 5.28. The number of halogens is 1. The monoisotopic (exact) mass is 230 g/mol. The van der Waals surface area contributed by atoms with Crippen LogP contribution in [0.25, 0.3) is 0 Å². The minimum Gasteiger partial charge on any atom is -0.468 e. The van der Waals surface area contributed by atoms with Crippen LogP contribution in [0.5, 0.6) is 0 Å². The highest BCUT2D eigenvalue weighted by atomic mass is 35.5. The Kier molecular flexibility index (Phi) is 4.64. The van der Waals surface area contributed by atoms with Crippen molar-refractivity contribution in [3.05, 3.63) is 24.2 Å². The second-order valence-electron chi connectivity index (χ2n) is 4.08. The van der Waals surface area contributed by atoms with E-state index in [0.717, 1.165) is 25.4 Å². The predicted octanol–water partition coefficient (Wildman–Crippen LogP) is 2.04. The summed E-state index contributed by atoms with van der Waals surface area (Å²) >= 11 is 0. The van der Waals surface area contributed by atoms with Crippen molar-refractivity contribution in [1.29, 1.82) is 0 Å². The number of likely N-dealkylation sites (tertiary alicyclic amines) is 1. The fourth-order valence-corrected chi connectivity index (χ4v) is 2.12. The van der Waals surface area contributed by atoms with Gasteiger partial charge in [0.05, 0.1) is 12.3 Å². The van der Waals surface area contributed by atoms with E-state index in [-0.39, 0.29) is 12.4 Å². The van der Waals surface area contributed by atoms with Gasteiger partial charge in [-0.1, -0.05) is 0 Å². The van der Waals surface area contributed by atoms with Crippen LogP contribution < -0.4 is 5.73 Å². The summed E-state index contributed by atoms with van der Waals surface area (Å²) in [6.45, 7) is 5.25. The van der Waals surface area contributed by atoms with Gasteiger partial charge in [-0.15, -0.1) is 12.4 Å². The molecule has 4 heteroatoms. The van der Waals surface area contributed by atoms with Crippen LogP contribution in [0.4, 0.5) is 0 Å². The van der Waals surface area contributed by atoms with E-state index in [1.807, 2.05) is 12.1 Å². The van der Waals surface area contributed by atoms with E-state index >= 15 is 0 Å². The molecule has 1 saturated heterocycles. The van der Waals surface area contributed by atoms with Gasteiger partial charge < -0.3 is 10.2 Å². The van der Waals surface area contributed by atoms with Gasteiger partial charge in [0.15, 0.2) is 0 Å². The molecule has 0 spiro atoms. The van der Waals surface area contributed by atoms with Crippen LogP contribution in [0.1, 0.15) is 25.1 Å². The van der Waals surface area contributed by atoms with Crippen molar-refractivity contribution >= 4 is 12.4 Å². The Labute approximate surface area is 97.0 Å². The van der Waals surface area contributed by atoms with Gasteiger partial charge in [0.25, 0.3) is 0 Å². The topological polar surface area (TPSA) is 42.4 Å². The molecule has 86 valence electrons. The molecule has 0 aromatic carbocycles. The van der Waals surface area contributed by atoms with E-state index in [1.54, 1.807) is 6.26 Å². The molecule has 2 N–H and O–H groups in total. The SMILES string of the molecule is CC(c1ccco1)N1CCC(CN)C1.Cl. The third-order valence-electron chi connectivity index (χ3n) is 3.15. The van der Waals surface area contributed by atoms with Gasteiger partial charge in [0.1, 0.15) is 5.76 Å². The Morgan fingerprint density at radius 1 is 1.67 bits per heavy atom. The Morgan fingerprint density at radius 3 is 3.00 bits per heavy atom. The van der Waals surface area contributed by atoms with Crippen molar-refractivity contribution in [1.82, 2.24) is 4.90 Å². The standard InChI is InChI=1S/C11H18N2O.ClH/c1-9(11-3-2-6-14-11)13-5-4-10(7-12)8-13;/h2-3,6,9-10H,4-5,7-8,12H2,1H3;1H. The van der Waals surface area contributed by atoms with Crippen molar-refractivity contribution in [2.45, 2.75) is 19.4 Å². The van der Waals surface area contributed by atoms with Gasteiger partial charge in [0, 0.05) is 6.54 Å². The van der Waals surface area contributed by atoms with Gasteiger partial charge in [-0.3, -0.25) is 4.90 Å². The molecule has 0 radical (unpaired) electrons. The largest absolute Gasteiger partial charge is 0.468 e. The van der Waals surface area contributed by atoms with E-state index in [1.165, 1.54) is 6.42 Å². The maximum atomic E-state index is 5.66. The van der Waals surface area contributed by atoms with Gasteiger partial charge in [0.2, 0.25) is 0 Å². The molecular weight excluding hydrogens is 212 g/mol. The minimum atomic E-state index is 0. The molecule has 0 bridgehead atoms. The first-order valence-electron chi connectivity index (χ1n) is 5.28. The Hall–Kier alpha value is -0.510. The van der Waals surface area contributed by atoms with Crippen LogP contribution in [0.2, 0.25) is 0 Å². The molecule has 1 aromatic rings. The molecular formula is C11H19ClN2O. The molecule has 1 aliphatic heterocycles. The Bertz CT molecular complexity index is 276. The van der Waals surface area contributed by atoms with Gasteiger partial charge in [-0.2, -0.15) is 0 Å². The molecule has 3 nitrogen and oxygen atoms in total. The van der Waals surface area contributed by atoms with Crippen LogP contribution in [-0.4, -0.2) is 24.5 Å². The van der Waals surface area contributed by atoms with Crippen molar-refractivity contribution < 1.29 is 4.42 Å². The smallest absolute Gasteiger partial charge is 0.120 e. The Balaban J connectivity index is 0.00000112. The van der Waals surface area contributed by atoms with E-state index in [0.29, 0.717) is 12.0 Å². The van der Waals surface area contributed by atoms with Gasteiger partial charge >= 0.3 is 0 Å². The second kappa shape index (κ2) is 5.54. The summed E-state index contributed by atoms with van der Waals surface area (Å²) in [5.74, 6) is 1.73. The Morgan fingerprint density at radius 2 is 2.47 bits per heavy atom. The highest BCUT2D eigenvalue weighted by molar-refractivity contribution is 5.85. The summed E-state index contributed by atoms with van der Waals surface area (Å²) < 4.78 is 5.40. The van der Waals surface area contributed by atoms with Gasteiger partial charge in [-0.25, -0.2) is 0 Å². The zero-order valence-corrected chi connectivity index (χ0v) is 9.87. The third-order valence-corrected chi connectivity index (χ3v) is 3.15. The van der Waals surface area contributed by atoms with Crippen LogP contribution in [0, 0.1) is 5.92 Å². The lowest BCUT2D eigenvalue weighted by atomic mass is 10.1. The average molecular weight is 231 g/mol. The number of hydrogen-bond acceptors (Lipinski definition) is 3. The van der Waals surface area contributed by atoms with Crippen LogP contribution in [-0.2, 0) is 0 Å². The molecule has 2 unspecified atom stereocenters. The van der Waals surface area contributed by atoms with E-state index < -0.39 is 0 Å². The number of hydrogen-bond donors (Lipinski definition) is 1. The molecule has 1 fully saturated rings. The molecule has 15 heavy (non-hydrogen) atoms. The summed E-state index contributed by atoms with van der Waals surface area (Å²) in [4.78, 5) is 2.44. The van der Waals surface area contributed by atoms with Crippen LogP contribution in [0.15, 0.2) is 22.8 Å². The average Bonchev–Trinajstić information content (AvgIpc) is 2.88. The van der Waals surface area contributed by atoms with Gasteiger partial charge in [-0.05, 0) is 44.5 Å². The first kappa shape index (κ1) is 12.6. The molecule has 2 rings (SSSR count). The molecule has 0 saturated carbocycles. The van der Waals surface area contributed by atoms with E-state index in [2.05, 4.69) is 11.8 Å². The second-order valence-corrected chi connectivity index (χ2v) is 4.08. The summed E-state index contributed by atoms with van der Waals surface area (Å²) in [5.41, 5.74) is 5.66. The maximum absolute atomic E-state index is 5.66. The predicted molar refractivity (Wildman–Crippen MR) is 63.1 cm³/mol. The number of rotatable bonds is 3. The number of furan rings is 1. The quantitative estimate of drug-likeness (QED) is 0.864. The van der Waals surface area contributed by atoms with Crippen LogP contribution in [0.3, 0.4) is 0 Å². The molecule has 1 aromatic heterocycles. The first-order chi connectivity index (χ1) is 6.81. The zero-order valence-electron chi connectivity index (χ0n) is 9.06. The number of nitrogens with zero attached hydrogens (tertiary/aromatic N) is 1. The lowest BCUT2D eigenvalue weighted by molar-refractivity contribution is 0.224. The molecule has 2 heterocycles. The third kappa shape index (κ3) is 2.74. The highest BCUT2D eigenvalue weighted by Gasteiger charge is 2.26. The van der Waals surface area contributed by atoms with Crippen molar-refractivity contribution in [3.63, 3.8) is 0 Å². The lowest BCUT2D eigenvalue weighted by Crippen LogP contribution is -2.25. The van der Waals surface area contributed by atoms with Crippen molar-refractivity contribution in [2.24, 2.45) is 11.7 Å². The summed E-state index contributed by atoms with van der Waals surface area (Å²) in [6, 6.07) is 4.38. The number of nitrogens with two attached hydrogens (primary N) is 1. The summed E-state index contributed by atoms with van der Waals surface area (Å²) in [6.07, 6.45) is 2.96. The van der Waals surface area contributed by atoms with E-state index in [4.69, 9.17) is 10.2 Å². The van der Waals surface area contributed by atoms with Crippen molar-refractivity contribution in [2.75, 3.05) is 19.6 Å². The fourth-order valence-electron chi connectivity index (χ4n) is 2.12. The molecule has 1 aliphatic rings. The maximum Gasteiger partial charge on any atom is 0.120 e. The fraction of sp³-hybridized carbons (Fsp3) is 0.636. The normalized spacial score (nSPS) is 23.7. The van der Waals surface area contributed by atoms with E-state index in [9.17, 15) is 0 Å².